The zero-order valence-corrected chi connectivity index (χ0v) is 7.19. The predicted molar refractivity (Wildman–Crippen MR) is 0 cm³/mol. The van der Waals surface area contributed by atoms with Crippen molar-refractivity contribution in [2.24, 2.45) is 0 Å². The SMILES string of the molecule is [Cr].[Cu].[Ni].[Zr]. The molecule has 0 amide bonds. The van der Waals surface area contributed by atoms with Crippen LogP contribution in [-0.4, -0.2) is 0 Å². The van der Waals surface area contributed by atoms with E-state index in [2.05, 4.69) is 0 Å². The second kappa shape index (κ2) is 18.1. The van der Waals surface area contributed by atoms with Crippen molar-refractivity contribution in [3.05, 3.63) is 0 Å². The summed E-state index contributed by atoms with van der Waals surface area (Å²) in [6, 6.07) is 0. The van der Waals surface area contributed by atoms with E-state index in [4.69, 9.17) is 0 Å². The van der Waals surface area contributed by atoms with E-state index in [0.29, 0.717) is 0 Å². The smallest absolute Gasteiger partial charge is 0 e. The molecule has 0 saturated carbocycles. The first kappa shape index (κ1) is 32.1. The number of rotatable bonds is 0. The first-order valence-corrected chi connectivity index (χ1v) is 0. The average Bonchev–Trinajstić information content (AvgIpc) is 0. The van der Waals surface area contributed by atoms with E-state index in [1.54, 1.807) is 0 Å². The van der Waals surface area contributed by atoms with Gasteiger partial charge in [-0.05, 0) is 0 Å². The van der Waals surface area contributed by atoms with Crippen LogP contribution in [0, 0.1) is 0 Å². The minimum atomic E-state index is 0. The Morgan fingerprint density at radius 2 is 1.00 bits per heavy atom. The van der Waals surface area contributed by atoms with Gasteiger partial charge in [-0.25, -0.2) is 0 Å². The Bertz CT molecular complexity index is 8.00. The van der Waals surface area contributed by atoms with Crippen molar-refractivity contribution in [2.75, 3.05) is 0 Å². The molecular weight excluding hydrogens is 265 g/mol. The van der Waals surface area contributed by atoms with Gasteiger partial charge in [0.15, 0.2) is 0 Å². The zero-order valence-electron chi connectivity index (χ0n) is 1.53. The van der Waals surface area contributed by atoms with Crippen molar-refractivity contribution in [1.29, 1.82) is 0 Å². The van der Waals surface area contributed by atoms with Gasteiger partial charge in [-0.1, -0.05) is 0 Å². The van der Waals surface area contributed by atoms with Gasteiger partial charge >= 0.3 is 0 Å². The van der Waals surface area contributed by atoms with Crippen molar-refractivity contribution in [2.45, 2.75) is 0 Å². The van der Waals surface area contributed by atoms with Crippen LogP contribution < -0.4 is 0 Å². The maximum Gasteiger partial charge on any atom is 0 e. The summed E-state index contributed by atoms with van der Waals surface area (Å²) in [6.07, 6.45) is 0. The molecule has 0 N–H and O–H groups in total. The summed E-state index contributed by atoms with van der Waals surface area (Å²) in [5, 5.41) is 0. The monoisotopic (exact) mass is 263 g/mol. The molecule has 0 aromatic rings. The van der Waals surface area contributed by atoms with Crippen molar-refractivity contribution < 1.29 is 77.1 Å². The van der Waals surface area contributed by atoms with Gasteiger partial charge in [-0.2, -0.15) is 0 Å². The Balaban J connectivity index is 0. The number of hydrogen-bond acceptors (Lipinski definition) is 0. The largest absolute Gasteiger partial charge is 0 e. The van der Waals surface area contributed by atoms with Gasteiger partial charge in [0.2, 0.25) is 0 Å². The molecule has 0 rings (SSSR count). The standard InChI is InChI=1S/Cr.Cu.Ni.Zr. The summed E-state index contributed by atoms with van der Waals surface area (Å²) in [4.78, 5) is 0. The van der Waals surface area contributed by atoms with Gasteiger partial charge in [-0.3, -0.25) is 0 Å². The molecule has 0 spiro atoms. The zero-order chi connectivity index (χ0) is 0. The first-order valence-electron chi connectivity index (χ1n) is 0. The molecule has 0 atom stereocenters. The van der Waals surface area contributed by atoms with Gasteiger partial charge in [0.1, 0.15) is 0 Å². The molecule has 0 aliphatic heterocycles. The Hall–Kier alpha value is 2.43. The fourth-order valence-electron chi connectivity index (χ4n) is 0. The van der Waals surface area contributed by atoms with Crippen LogP contribution in [0.5, 0.6) is 0 Å². The Morgan fingerprint density at radius 3 is 1.00 bits per heavy atom. The Kier molecular flexibility index (Phi) is 145. The van der Waals surface area contributed by atoms with Crippen LogP contribution in [0.15, 0.2) is 0 Å². The van der Waals surface area contributed by atoms with Crippen LogP contribution in [0.2, 0.25) is 0 Å². The molecule has 0 unspecified atom stereocenters. The molecule has 0 saturated heterocycles. The van der Waals surface area contributed by atoms with E-state index in [1.165, 1.54) is 0 Å². The van der Waals surface area contributed by atoms with Crippen molar-refractivity contribution in [3.63, 3.8) is 0 Å². The van der Waals surface area contributed by atoms with Crippen LogP contribution in [0.3, 0.4) is 0 Å². The minimum absolute atomic E-state index is 0. The third-order valence-electron chi connectivity index (χ3n) is 0. The van der Waals surface area contributed by atoms with Gasteiger partial charge in [0.25, 0.3) is 0 Å². The molecule has 1 radical (unpaired) electrons. The summed E-state index contributed by atoms with van der Waals surface area (Å²) >= 11 is 0. The fourth-order valence-corrected chi connectivity index (χ4v) is 0. The Labute approximate surface area is 76.1 Å². The Morgan fingerprint density at radius 1 is 1.00 bits per heavy atom. The maximum absolute atomic E-state index is 0. The van der Waals surface area contributed by atoms with Crippen LogP contribution in [0.1, 0.15) is 0 Å². The first-order chi connectivity index (χ1) is 0. The summed E-state index contributed by atoms with van der Waals surface area (Å²) in [7, 11) is 0. The van der Waals surface area contributed by atoms with Crippen molar-refractivity contribution >= 4 is 0 Å². The topological polar surface area (TPSA) is 0 Å². The van der Waals surface area contributed by atoms with E-state index in [1.807, 2.05) is 0 Å². The van der Waals surface area contributed by atoms with Crippen LogP contribution >= 0.6 is 0 Å². The van der Waals surface area contributed by atoms with Gasteiger partial charge < -0.3 is 0 Å². The molecule has 0 nitrogen and oxygen atoms in total. The number of hydrogen-bond donors (Lipinski definition) is 0. The molecule has 0 heterocycles. The van der Waals surface area contributed by atoms with E-state index < -0.39 is 0 Å². The van der Waals surface area contributed by atoms with Crippen molar-refractivity contribution in [1.82, 2.24) is 0 Å². The van der Waals surface area contributed by atoms with E-state index in [-0.39, 0.29) is 77.1 Å². The quantitative estimate of drug-likeness (QED) is 0.541. The molecular formula is CrCuNiZr. The van der Waals surface area contributed by atoms with Gasteiger partial charge in [0.05, 0.1) is 0 Å². The predicted octanol–water partition coefficient (Wildman–Crippen LogP) is -0.0100. The third-order valence-corrected chi connectivity index (χ3v) is 0. The average molecular weight is 265 g/mol. The van der Waals surface area contributed by atoms with Crippen molar-refractivity contribution in [3.8, 4) is 0 Å². The second-order valence-corrected chi connectivity index (χ2v) is 0. The molecule has 31 valence electrons. The van der Waals surface area contributed by atoms with Crippen LogP contribution in [0.4, 0.5) is 0 Å². The van der Waals surface area contributed by atoms with Crippen LogP contribution in [0.25, 0.3) is 0 Å². The molecule has 0 aliphatic carbocycles. The molecule has 4 heteroatoms. The molecule has 0 bridgehead atoms. The maximum atomic E-state index is 0. The summed E-state index contributed by atoms with van der Waals surface area (Å²) < 4.78 is 0. The molecule has 0 aromatic carbocycles. The fraction of sp³-hybridized carbons (Fsp3) is 0. The summed E-state index contributed by atoms with van der Waals surface area (Å²) in [5.74, 6) is 0. The molecule has 4 heavy (non-hydrogen) atoms. The second-order valence-electron chi connectivity index (χ2n) is 0. The van der Waals surface area contributed by atoms with E-state index in [9.17, 15) is 0 Å². The summed E-state index contributed by atoms with van der Waals surface area (Å²) in [6.45, 7) is 0. The van der Waals surface area contributed by atoms with Gasteiger partial charge in [0, 0.05) is 77.1 Å². The molecule has 0 aliphatic rings. The minimum Gasteiger partial charge on any atom is 0 e. The molecule has 0 aromatic heterocycles. The van der Waals surface area contributed by atoms with E-state index in [0.717, 1.165) is 0 Å². The molecule has 0 fully saturated rings. The summed E-state index contributed by atoms with van der Waals surface area (Å²) in [5.41, 5.74) is 0. The normalized spacial score (nSPS) is 0. The van der Waals surface area contributed by atoms with Gasteiger partial charge in [-0.15, -0.1) is 0 Å². The third kappa shape index (κ3) is 8.83. The van der Waals surface area contributed by atoms with Crippen LogP contribution in [-0.2, 0) is 77.1 Å². The van der Waals surface area contributed by atoms with E-state index >= 15 is 0 Å².